The van der Waals surface area contributed by atoms with Gasteiger partial charge in [-0.15, -0.1) is 0 Å². The lowest BCUT2D eigenvalue weighted by Crippen LogP contribution is -2.29. The van der Waals surface area contributed by atoms with Crippen molar-refractivity contribution in [1.82, 2.24) is 15.5 Å². The van der Waals surface area contributed by atoms with Crippen LogP contribution in [0.15, 0.2) is 4.52 Å². The smallest absolute Gasteiger partial charge is 0.228 e. The highest BCUT2D eigenvalue weighted by molar-refractivity contribution is 7.99. The van der Waals surface area contributed by atoms with E-state index in [0.717, 1.165) is 30.3 Å². The first kappa shape index (κ1) is 16.5. The van der Waals surface area contributed by atoms with Crippen molar-refractivity contribution < 1.29 is 4.52 Å². The molecule has 0 spiro atoms. The van der Waals surface area contributed by atoms with Gasteiger partial charge in [0.15, 0.2) is 5.82 Å². The Balaban J connectivity index is 2.45. The van der Waals surface area contributed by atoms with E-state index in [2.05, 4.69) is 43.2 Å². The number of nitrogens with zero attached hydrogens (tertiary/aromatic N) is 2. The van der Waals surface area contributed by atoms with Gasteiger partial charge in [-0.1, -0.05) is 32.9 Å². The molecule has 1 rings (SSSR count). The lowest BCUT2D eigenvalue weighted by molar-refractivity contribution is 0.343. The monoisotopic (exact) mass is 285 g/mol. The van der Waals surface area contributed by atoms with Gasteiger partial charge in [0.05, 0.1) is 5.75 Å². The second-order valence-electron chi connectivity index (χ2n) is 5.45. The van der Waals surface area contributed by atoms with Crippen molar-refractivity contribution in [1.29, 1.82) is 0 Å². The Morgan fingerprint density at radius 1 is 1.32 bits per heavy atom. The summed E-state index contributed by atoms with van der Waals surface area (Å²) in [6.07, 6.45) is 3.11. The zero-order chi connectivity index (χ0) is 14.3. The van der Waals surface area contributed by atoms with Crippen molar-refractivity contribution in [3.63, 3.8) is 0 Å². The number of likely N-dealkylation sites (N-methyl/N-ethyl adjacent to an activating group) is 1. The molecular weight excluding hydrogens is 258 g/mol. The van der Waals surface area contributed by atoms with E-state index in [-0.39, 0.29) is 0 Å². The molecule has 110 valence electrons. The number of nitrogens with one attached hydrogen (secondary N) is 1. The highest BCUT2D eigenvalue weighted by atomic mass is 32.2. The molecule has 0 aliphatic rings. The Bertz CT molecular complexity index is 354. The lowest BCUT2D eigenvalue weighted by Gasteiger charge is -2.15. The summed E-state index contributed by atoms with van der Waals surface area (Å²) in [5.41, 5.74) is 0. The largest absolute Gasteiger partial charge is 0.339 e. The molecule has 0 aliphatic carbocycles. The van der Waals surface area contributed by atoms with Crippen LogP contribution in [0, 0.1) is 5.92 Å². The van der Waals surface area contributed by atoms with Crippen molar-refractivity contribution in [2.45, 2.75) is 64.0 Å². The van der Waals surface area contributed by atoms with Crippen LogP contribution in [-0.4, -0.2) is 28.5 Å². The van der Waals surface area contributed by atoms with E-state index in [0.29, 0.717) is 17.2 Å². The summed E-state index contributed by atoms with van der Waals surface area (Å²) in [5, 5.41) is 8.02. The van der Waals surface area contributed by atoms with Gasteiger partial charge in [-0.2, -0.15) is 16.7 Å². The zero-order valence-corrected chi connectivity index (χ0v) is 13.6. The molecule has 0 bridgehead atoms. The van der Waals surface area contributed by atoms with E-state index in [1.165, 1.54) is 6.42 Å². The molecular formula is C14H27N3OS. The first-order valence-electron chi connectivity index (χ1n) is 7.15. The van der Waals surface area contributed by atoms with Crippen molar-refractivity contribution >= 4 is 11.8 Å². The van der Waals surface area contributed by atoms with Crippen LogP contribution in [0.5, 0.6) is 0 Å². The highest BCUT2D eigenvalue weighted by Crippen LogP contribution is 2.18. The fourth-order valence-electron chi connectivity index (χ4n) is 1.85. The minimum absolute atomic E-state index is 0.413. The quantitative estimate of drug-likeness (QED) is 0.754. The van der Waals surface area contributed by atoms with E-state index >= 15 is 0 Å². The summed E-state index contributed by atoms with van der Waals surface area (Å²) in [6.45, 7) is 8.88. The van der Waals surface area contributed by atoms with E-state index in [9.17, 15) is 0 Å². The molecule has 2 atom stereocenters. The Morgan fingerprint density at radius 3 is 2.63 bits per heavy atom. The average molecular weight is 285 g/mol. The fourth-order valence-corrected chi connectivity index (χ4v) is 2.64. The zero-order valence-electron chi connectivity index (χ0n) is 12.8. The van der Waals surface area contributed by atoms with Crippen molar-refractivity contribution in [3.8, 4) is 0 Å². The maximum absolute atomic E-state index is 5.33. The number of aromatic nitrogens is 2. The SMILES string of the molecule is CCC(C)SCc1noc(CC(CC(C)C)NC)n1. The van der Waals surface area contributed by atoms with Gasteiger partial charge < -0.3 is 9.84 Å². The summed E-state index contributed by atoms with van der Waals surface area (Å²) >= 11 is 1.88. The first-order valence-corrected chi connectivity index (χ1v) is 8.20. The van der Waals surface area contributed by atoms with Gasteiger partial charge >= 0.3 is 0 Å². The van der Waals surface area contributed by atoms with Gasteiger partial charge in [0.2, 0.25) is 5.89 Å². The van der Waals surface area contributed by atoms with Gasteiger partial charge in [0.1, 0.15) is 0 Å². The van der Waals surface area contributed by atoms with Gasteiger partial charge in [-0.25, -0.2) is 0 Å². The number of thioether (sulfide) groups is 1. The van der Waals surface area contributed by atoms with Gasteiger partial charge in [0.25, 0.3) is 0 Å². The number of rotatable bonds is 9. The Kier molecular flexibility index (Phi) is 7.46. The lowest BCUT2D eigenvalue weighted by atomic mass is 10.0. The minimum atomic E-state index is 0.413. The second kappa shape index (κ2) is 8.59. The molecule has 0 aliphatic heterocycles. The van der Waals surface area contributed by atoms with Crippen molar-refractivity contribution in [3.05, 3.63) is 11.7 Å². The molecule has 0 amide bonds. The van der Waals surface area contributed by atoms with E-state index < -0.39 is 0 Å². The Hall–Kier alpha value is -0.550. The van der Waals surface area contributed by atoms with Crippen LogP contribution in [0.1, 0.15) is 52.3 Å². The average Bonchev–Trinajstić information content (AvgIpc) is 2.82. The fraction of sp³-hybridized carbons (Fsp3) is 0.857. The normalized spacial score (nSPS) is 14.8. The molecule has 0 saturated carbocycles. The van der Waals surface area contributed by atoms with Crippen LogP contribution in [0.4, 0.5) is 0 Å². The predicted molar refractivity (Wildman–Crippen MR) is 81.4 cm³/mol. The van der Waals surface area contributed by atoms with Crippen LogP contribution >= 0.6 is 11.8 Å². The molecule has 4 nitrogen and oxygen atoms in total. The van der Waals surface area contributed by atoms with Crippen molar-refractivity contribution in [2.24, 2.45) is 5.92 Å². The molecule has 1 heterocycles. The molecule has 2 unspecified atom stereocenters. The van der Waals surface area contributed by atoms with Crippen molar-refractivity contribution in [2.75, 3.05) is 7.05 Å². The predicted octanol–water partition coefficient (Wildman–Crippen LogP) is 3.28. The molecule has 0 saturated heterocycles. The summed E-state index contributed by atoms with van der Waals surface area (Å²) in [4.78, 5) is 4.47. The molecule has 5 heteroatoms. The van der Waals surface area contributed by atoms with E-state index in [1.807, 2.05) is 18.8 Å². The Labute approximate surface area is 121 Å². The third-order valence-corrected chi connectivity index (χ3v) is 4.49. The highest BCUT2D eigenvalue weighted by Gasteiger charge is 2.14. The summed E-state index contributed by atoms with van der Waals surface area (Å²) in [7, 11) is 1.99. The summed E-state index contributed by atoms with van der Waals surface area (Å²) in [5.74, 6) is 3.08. The van der Waals surface area contributed by atoms with E-state index in [4.69, 9.17) is 4.52 Å². The standard InChI is InChI=1S/C14H27N3OS/c1-6-11(4)19-9-13-16-14(18-17-13)8-12(15-5)7-10(2)3/h10-12,15H,6-9H2,1-5H3. The first-order chi connectivity index (χ1) is 9.05. The van der Waals surface area contributed by atoms with Gasteiger partial charge in [-0.05, 0) is 25.8 Å². The molecule has 19 heavy (non-hydrogen) atoms. The van der Waals surface area contributed by atoms with Gasteiger partial charge in [-0.3, -0.25) is 0 Å². The summed E-state index contributed by atoms with van der Waals surface area (Å²) < 4.78 is 5.33. The van der Waals surface area contributed by atoms with Gasteiger partial charge in [0, 0.05) is 17.7 Å². The van der Waals surface area contributed by atoms with E-state index in [1.54, 1.807) is 0 Å². The molecule has 0 fully saturated rings. The third kappa shape index (κ3) is 6.43. The molecule has 0 aromatic carbocycles. The second-order valence-corrected chi connectivity index (χ2v) is 6.88. The Morgan fingerprint density at radius 2 is 2.05 bits per heavy atom. The summed E-state index contributed by atoms with van der Waals surface area (Å²) in [6, 6.07) is 0.413. The maximum atomic E-state index is 5.33. The van der Waals surface area contributed by atoms with Crippen LogP contribution in [0.3, 0.4) is 0 Å². The topological polar surface area (TPSA) is 51.0 Å². The minimum Gasteiger partial charge on any atom is -0.339 e. The third-order valence-electron chi connectivity index (χ3n) is 3.17. The molecule has 1 N–H and O–H groups in total. The number of hydrogen-bond donors (Lipinski definition) is 1. The van der Waals surface area contributed by atoms with Crippen LogP contribution in [0.25, 0.3) is 0 Å². The molecule has 0 radical (unpaired) electrons. The molecule has 1 aromatic heterocycles. The maximum Gasteiger partial charge on any atom is 0.228 e. The van der Waals surface area contributed by atoms with Crippen LogP contribution in [0.2, 0.25) is 0 Å². The van der Waals surface area contributed by atoms with Crippen LogP contribution in [-0.2, 0) is 12.2 Å². The van der Waals surface area contributed by atoms with Crippen LogP contribution < -0.4 is 5.32 Å². The molecule has 1 aromatic rings. The number of hydrogen-bond acceptors (Lipinski definition) is 5.